The van der Waals surface area contributed by atoms with Crippen molar-refractivity contribution in [1.29, 1.82) is 0 Å². The van der Waals surface area contributed by atoms with Crippen LogP contribution in [0.25, 0.3) is 0 Å². The molecule has 4 heteroatoms. The van der Waals surface area contributed by atoms with Gasteiger partial charge in [0.1, 0.15) is 6.61 Å². The minimum atomic E-state index is -0.614. The van der Waals surface area contributed by atoms with Crippen molar-refractivity contribution in [3.05, 3.63) is 12.2 Å². The smallest absolute Gasteiger partial charge is 0.310 e. The minimum absolute atomic E-state index is 0.0107. The zero-order valence-electron chi connectivity index (χ0n) is 7.85. The molecule has 14 heavy (non-hydrogen) atoms. The number of carbonyl (C=O) groups is 1. The van der Waals surface area contributed by atoms with E-state index in [4.69, 9.17) is 9.84 Å². The Morgan fingerprint density at radius 1 is 1.57 bits per heavy atom. The Morgan fingerprint density at radius 3 is 2.93 bits per heavy atom. The van der Waals surface area contributed by atoms with Crippen molar-refractivity contribution in [2.24, 2.45) is 17.8 Å². The van der Waals surface area contributed by atoms with Gasteiger partial charge in [0.25, 0.3) is 0 Å². The van der Waals surface area contributed by atoms with Gasteiger partial charge in [0.15, 0.2) is 0 Å². The molecular weight excluding hydrogens is 184 g/mol. The molecule has 0 bridgehead atoms. The van der Waals surface area contributed by atoms with Crippen molar-refractivity contribution in [3.63, 3.8) is 0 Å². The largest absolute Gasteiger partial charge is 0.461 e. The van der Waals surface area contributed by atoms with Crippen LogP contribution < -0.4 is 0 Å². The van der Waals surface area contributed by atoms with Crippen LogP contribution in [0.1, 0.15) is 6.42 Å². The number of esters is 1. The SMILES string of the molecule is C=C1COC(=O)[C@H]2[C@H](CO)[C@H](O)C[C@@H]12. The molecule has 0 amide bonds. The molecule has 78 valence electrons. The molecule has 2 N–H and O–H groups in total. The number of aliphatic hydroxyl groups is 2. The fourth-order valence-electron chi connectivity index (χ4n) is 2.48. The molecule has 1 heterocycles. The summed E-state index contributed by atoms with van der Waals surface area (Å²) in [5.41, 5.74) is 0.851. The van der Waals surface area contributed by atoms with Crippen LogP contribution in [0.2, 0.25) is 0 Å². The number of carbonyl (C=O) groups excluding carboxylic acids is 1. The zero-order chi connectivity index (χ0) is 10.3. The number of ether oxygens (including phenoxy) is 1. The number of fused-ring (bicyclic) bond motifs is 1. The second-order valence-electron chi connectivity index (χ2n) is 4.05. The van der Waals surface area contributed by atoms with Gasteiger partial charge >= 0.3 is 5.97 Å². The van der Waals surface area contributed by atoms with Crippen LogP contribution in [-0.4, -0.2) is 35.5 Å². The van der Waals surface area contributed by atoms with Gasteiger partial charge in [0, 0.05) is 12.5 Å². The molecule has 4 atom stereocenters. The highest BCUT2D eigenvalue weighted by atomic mass is 16.5. The second kappa shape index (κ2) is 3.37. The van der Waals surface area contributed by atoms with Gasteiger partial charge < -0.3 is 14.9 Å². The molecule has 0 radical (unpaired) electrons. The topological polar surface area (TPSA) is 66.8 Å². The summed E-state index contributed by atoms with van der Waals surface area (Å²) in [6.45, 7) is 3.90. The quantitative estimate of drug-likeness (QED) is 0.448. The summed E-state index contributed by atoms with van der Waals surface area (Å²) in [7, 11) is 0. The normalized spacial score (nSPS) is 42.1. The third-order valence-electron chi connectivity index (χ3n) is 3.29. The van der Waals surface area contributed by atoms with Crippen molar-refractivity contribution >= 4 is 5.97 Å². The molecule has 1 saturated heterocycles. The van der Waals surface area contributed by atoms with Crippen molar-refractivity contribution < 1.29 is 19.7 Å². The molecule has 0 unspecified atom stereocenters. The van der Waals surface area contributed by atoms with Crippen molar-refractivity contribution in [2.45, 2.75) is 12.5 Å². The van der Waals surface area contributed by atoms with Crippen LogP contribution >= 0.6 is 0 Å². The molecule has 1 saturated carbocycles. The van der Waals surface area contributed by atoms with E-state index in [1.54, 1.807) is 0 Å². The zero-order valence-corrected chi connectivity index (χ0v) is 7.85. The van der Waals surface area contributed by atoms with Crippen LogP contribution in [0.15, 0.2) is 12.2 Å². The maximum absolute atomic E-state index is 11.5. The van der Waals surface area contributed by atoms with E-state index in [2.05, 4.69) is 6.58 Å². The Kier molecular flexibility index (Phi) is 2.33. The van der Waals surface area contributed by atoms with Crippen LogP contribution in [0, 0.1) is 17.8 Å². The maximum atomic E-state index is 11.5. The lowest BCUT2D eigenvalue weighted by molar-refractivity contribution is -0.154. The van der Waals surface area contributed by atoms with E-state index >= 15 is 0 Å². The van der Waals surface area contributed by atoms with E-state index in [9.17, 15) is 9.90 Å². The summed E-state index contributed by atoms with van der Waals surface area (Å²) in [4.78, 5) is 11.5. The molecule has 1 aliphatic heterocycles. The van der Waals surface area contributed by atoms with Gasteiger partial charge in [-0.05, 0) is 17.9 Å². The van der Waals surface area contributed by atoms with Gasteiger partial charge in [-0.2, -0.15) is 0 Å². The molecule has 4 nitrogen and oxygen atoms in total. The third-order valence-corrected chi connectivity index (χ3v) is 3.29. The van der Waals surface area contributed by atoms with Crippen LogP contribution in [-0.2, 0) is 9.53 Å². The lowest BCUT2D eigenvalue weighted by Gasteiger charge is -2.28. The second-order valence-corrected chi connectivity index (χ2v) is 4.05. The first-order valence-electron chi connectivity index (χ1n) is 4.78. The Balaban J connectivity index is 2.26. The number of cyclic esters (lactones) is 1. The van der Waals surface area contributed by atoms with Gasteiger partial charge in [-0.1, -0.05) is 6.58 Å². The fraction of sp³-hybridized carbons (Fsp3) is 0.700. The van der Waals surface area contributed by atoms with Gasteiger partial charge in [-0.15, -0.1) is 0 Å². The molecule has 2 aliphatic rings. The molecule has 0 spiro atoms. The fourth-order valence-corrected chi connectivity index (χ4v) is 2.48. The molecule has 0 aromatic rings. The van der Waals surface area contributed by atoms with Crippen molar-refractivity contribution in [2.75, 3.05) is 13.2 Å². The molecule has 0 aromatic carbocycles. The van der Waals surface area contributed by atoms with E-state index in [0.29, 0.717) is 6.42 Å². The highest BCUT2D eigenvalue weighted by molar-refractivity contribution is 5.75. The van der Waals surface area contributed by atoms with Crippen molar-refractivity contribution in [1.82, 2.24) is 0 Å². The molecule has 0 aromatic heterocycles. The first kappa shape index (κ1) is 9.68. The highest BCUT2D eigenvalue weighted by Gasteiger charge is 2.50. The number of aliphatic hydroxyl groups excluding tert-OH is 2. The monoisotopic (exact) mass is 198 g/mol. The first-order valence-corrected chi connectivity index (χ1v) is 4.78. The third kappa shape index (κ3) is 1.26. The number of hydrogen-bond acceptors (Lipinski definition) is 4. The average molecular weight is 198 g/mol. The van der Waals surface area contributed by atoms with Gasteiger partial charge in [-0.25, -0.2) is 0 Å². The summed E-state index contributed by atoms with van der Waals surface area (Å²) in [6.07, 6.45) is -0.0958. The predicted molar refractivity (Wildman–Crippen MR) is 48.3 cm³/mol. The highest BCUT2D eigenvalue weighted by Crippen LogP contribution is 2.43. The Labute approximate surface area is 82.2 Å². The number of hydrogen-bond donors (Lipinski definition) is 2. The summed E-state index contributed by atoms with van der Waals surface area (Å²) in [6, 6.07) is 0. The molecule has 1 aliphatic carbocycles. The van der Waals surface area contributed by atoms with Gasteiger partial charge in [-0.3, -0.25) is 4.79 Å². The van der Waals surface area contributed by atoms with Gasteiger partial charge in [0.2, 0.25) is 0 Å². The number of rotatable bonds is 1. The van der Waals surface area contributed by atoms with E-state index < -0.39 is 12.0 Å². The van der Waals surface area contributed by atoms with E-state index in [-0.39, 0.29) is 31.0 Å². The maximum Gasteiger partial charge on any atom is 0.310 e. The average Bonchev–Trinajstić information content (AvgIpc) is 2.50. The standard InChI is InChI=1S/C10H14O4/c1-5-4-14-10(13)9-6(5)2-8(12)7(9)3-11/h6-9,11-12H,1-4H2/t6-,7+,8+,9+/m0/s1. The summed E-state index contributed by atoms with van der Waals surface area (Å²) >= 11 is 0. The summed E-state index contributed by atoms with van der Waals surface area (Å²) < 4.78 is 4.92. The Bertz CT molecular complexity index is 273. The molecular formula is C10H14O4. The van der Waals surface area contributed by atoms with Crippen LogP contribution in [0.5, 0.6) is 0 Å². The van der Waals surface area contributed by atoms with E-state index in [1.807, 2.05) is 0 Å². The van der Waals surface area contributed by atoms with Crippen molar-refractivity contribution in [3.8, 4) is 0 Å². The van der Waals surface area contributed by atoms with Crippen LogP contribution in [0.4, 0.5) is 0 Å². The summed E-state index contributed by atoms with van der Waals surface area (Å²) in [5, 5.41) is 18.7. The van der Waals surface area contributed by atoms with Crippen LogP contribution in [0.3, 0.4) is 0 Å². The molecule has 2 rings (SSSR count). The Morgan fingerprint density at radius 2 is 2.29 bits per heavy atom. The lowest BCUT2D eigenvalue weighted by Crippen LogP contribution is -2.36. The Hall–Kier alpha value is -0.870. The van der Waals surface area contributed by atoms with E-state index in [0.717, 1.165) is 5.57 Å². The van der Waals surface area contributed by atoms with Gasteiger partial charge in [0.05, 0.1) is 12.0 Å². The molecule has 2 fully saturated rings. The lowest BCUT2D eigenvalue weighted by atomic mass is 9.84. The first-order chi connectivity index (χ1) is 6.65. The minimum Gasteiger partial charge on any atom is -0.461 e. The predicted octanol–water partition coefficient (Wildman–Crippen LogP) is -0.295. The summed E-state index contributed by atoms with van der Waals surface area (Å²) in [5.74, 6) is -1.10. The van der Waals surface area contributed by atoms with E-state index in [1.165, 1.54) is 0 Å².